The number of nitrogens with one attached hydrogen (secondary N) is 1. The Morgan fingerprint density at radius 2 is 2.03 bits per heavy atom. The lowest BCUT2D eigenvalue weighted by atomic mass is 10.0. The molecule has 0 aliphatic heterocycles. The quantitative estimate of drug-likeness (QED) is 0.394. The number of rotatable bonds is 7. The standard InChI is InChI=1S/C23H25BrN6O/c1-4-29-14-17(13-26-29)21-12-19(18-8-5-6-9-20(18)27-21)23(31)25-10-7-11-30-16(3)22(24)15(2)28-30/h5-6,8-9,12-14H,4,7,10-11H2,1-3H3,(H,25,31). The fourth-order valence-electron chi connectivity index (χ4n) is 3.60. The number of carbonyl (C=O) groups is 1. The number of amides is 1. The smallest absolute Gasteiger partial charge is 0.252 e. The molecule has 0 aliphatic rings. The van der Waals surface area contributed by atoms with Crippen molar-refractivity contribution < 1.29 is 4.79 Å². The molecule has 0 fully saturated rings. The first-order valence-electron chi connectivity index (χ1n) is 10.4. The van der Waals surface area contributed by atoms with Gasteiger partial charge in [0.2, 0.25) is 0 Å². The minimum absolute atomic E-state index is 0.0997. The second-order valence-electron chi connectivity index (χ2n) is 7.47. The van der Waals surface area contributed by atoms with Gasteiger partial charge in [0, 0.05) is 42.5 Å². The van der Waals surface area contributed by atoms with Crippen LogP contribution in [0.2, 0.25) is 0 Å². The minimum Gasteiger partial charge on any atom is -0.352 e. The van der Waals surface area contributed by atoms with Crippen LogP contribution < -0.4 is 5.32 Å². The SMILES string of the molecule is CCn1cc(-c2cc(C(=O)NCCCn3nc(C)c(Br)c3C)c3ccccc3n2)cn1. The van der Waals surface area contributed by atoms with Crippen molar-refractivity contribution in [3.63, 3.8) is 0 Å². The summed E-state index contributed by atoms with van der Waals surface area (Å²) in [4.78, 5) is 17.8. The summed E-state index contributed by atoms with van der Waals surface area (Å²) in [5, 5.41) is 12.8. The number of halogens is 1. The lowest BCUT2D eigenvalue weighted by Gasteiger charge is -2.10. The number of carbonyl (C=O) groups excluding carboxylic acids is 1. The molecule has 4 aromatic rings. The Morgan fingerprint density at radius 1 is 1.23 bits per heavy atom. The number of pyridine rings is 1. The van der Waals surface area contributed by atoms with E-state index in [1.54, 1.807) is 6.20 Å². The molecule has 0 radical (unpaired) electrons. The first-order chi connectivity index (χ1) is 15.0. The zero-order valence-corrected chi connectivity index (χ0v) is 19.5. The van der Waals surface area contributed by atoms with Crippen molar-refractivity contribution in [2.75, 3.05) is 6.54 Å². The Labute approximate surface area is 189 Å². The molecule has 31 heavy (non-hydrogen) atoms. The van der Waals surface area contributed by atoms with Gasteiger partial charge in [-0.2, -0.15) is 10.2 Å². The third-order valence-electron chi connectivity index (χ3n) is 5.34. The van der Waals surface area contributed by atoms with E-state index in [-0.39, 0.29) is 5.91 Å². The number of fused-ring (bicyclic) bond motifs is 1. The maximum atomic E-state index is 13.1. The van der Waals surface area contributed by atoms with Gasteiger partial charge in [0.15, 0.2) is 0 Å². The van der Waals surface area contributed by atoms with E-state index in [0.717, 1.165) is 57.5 Å². The highest BCUT2D eigenvalue weighted by Crippen LogP contribution is 2.25. The molecular weight excluding hydrogens is 456 g/mol. The van der Waals surface area contributed by atoms with Crippen molar-refractivity contribution in [3.05, 3.63) is 64.1 Å². The molecule has 1 N–H and O–H groups in total. The molecule has 0 aliphatic carbocycles. The van der Waals surface area contributed by atoms with Gasteiger partial charge in [-0.05, 0) is 55.3 Å². The van der Waals surface area contributed by atoms with Crippen LogP contribution in [0.3, 0.4) is 0 Å². The number of aryl methyl sites for hydroxylation is 3. The van der Waals surface area contributed by atoms with Crippen LogP contribution in [-0.4, -0.2) is 37.0 Å². The molecule has 1 amide bonds. The zero-order chi connectivity index (χ0) is 22.0. The molecule has 0 bridgehead atoms. The van der Waals surface area contributed by atoms with Crippen LogP contribution in [0.15, 0.2) is 47.2 Å². The summed E-state index contributed by atoms with van der Waals surface area (Å²) in [7, 11) is 0. The summed E-state index contributed by atoms with van der Waals surface area (Å²) in [6.45, 7) is 8.15. The Morgan fingerprint density at radius 3 is 2.74 bits per heavy atom. The Bertz CT molecular complexity index is 1240. The van der Waals surface area contributed by atoms with Crippen molar-refractivity contribution in [1.29, 1.82) is 0 Å². The summed E-state index contributed by atoms with van der Waals surface area (Å²) in [5.74, 6) is -0.0997. The summed E-state index contributed by atoms with van der Waals surface area (Å²) in [6.07, 6.45) is 4.53. The topological polar surface area (TPSA) is 77.6 Å². The van der Waals surface area contributed by atoms with Crippen molar-refractivity contribution in [2.45, 2.75) is 40.3 Å². The highest BCUT2D eigenvalue weighted by atomic mass is 79.9. The van der Waals surface area contributed by atoms with E-state index in [9.17, 15) is 4.79 Å². The molecule has 0 unspecified atom stereocenters. The molecule has 3 aromatic heterocycles. The fourth-order valence-corrected chi connectivity index (χ4v) is 3.88. The first kappa shape index (κ1) is 21.2. The van der Waals surface area contributed by atoms with E-state index >= 15 is 0 Å². The van der Waals surface area contributed by atoms with E-state index in [0.29, 0.717) is 12.1 Å². The lowest BCUT2D eigenvalue weighted by molar-refractivity contribution is 0.0954. The molecule has 0 spiro atoms. The van der Waals surface area contributed by atoms with E-state index in [1.165, 1.54) is 0 Å². The van der Waals surface area contributed by atoms with E-state index in [4.69, 9.17) is 4.98 Å². The van der Waals surface area contributed by atoms with Crippen LogP contribution in [0.4, 0.5) is 0 Å². The van der Waals surface area contributed by atoms with Crippen LogP contribution in [0, 0.1) is 13.8 Å². The summed E-state index contributed by atoms with van der Waals surface area (Å²) >= 11 is 3.55. The summed E-state index contributed by atoms with van der Waals surface area (Å²) < 4.78 is 4.86. The van der Waals surface area contributed by atoms with Gasteiger partial charge in [0.1, 0.15) is 0 Å². The van der Waals surface area contributed by atoms with Gasteiger partial charge in [0.25, 0.3) is 5.91 Å². The van der Waals surface area contributed by atoms with Crippen LogP contribution >= 0.6 is 15.9 Å². The molecule has 7 nitrogen and oxygen atoms in total. The molecule has 0 saturated heterocycles. The van der Waals surface area contributed by atoms with Gasteiger partial charge in [-0.3, -0.25) is 14.2 Å². The largest absolute Gasteiger partial charge is 0.352 e. The number of para-hydroxylation sites is 1. The van der Waals surface area contributed by atoms with Crippen LogP contribution in [-0.2, 0) is 13.1 Å². The van der Waals surface area contributed by atoms with Gasteiger partial charge in [0.05, 0.1) is 33.1 Å². The molecule has 160 valence electrons. The van der Waals surface area contributed by atoms with Crippen molar-refractivity contribution >= 4 is 32.7 Å². The van der Waals surface area contributed by atoms with E-state index in [1.807, 2.05) is 66.7 Å². The number of benzene rings is 1. The monoisotopic (exact) mass is 480 g/mol. The lowest BCUT2D eigenvalue weighted by Crippen LogP contribution is -2.26. The van der Waals surface area contributed by atoms with Gasteiger partial charge in [-0.1, -0.05) is 18.2 Å². The molecule has 4 rings (SSSR count). The Balaban J connectivity index is 1.52. The number of aromatic nitrogens is 5. The maximum absolute atomic E-state index is 13.1. The third kappa shape index (κ3) is 4.39. The average Bonchev–Trinajstić information content (AvgIpc) is 3.36. The number of hydrogen-bond donors (Lipinski definition) is 1. The maximum Gasteiger partial charge on any atom is 0.252 e. The molecule has 3 heterocycles. The van der Waals surface area contributed by atoms with Crippen LogP contribution in [0.25, 0.3) is 22.2 Å². The fraction of sp³-hybridized carbons (Fsp3) is 0.304. The Kier molecular flexibility index (Phi) is 6.18. The molecular formula is C23H25BrN6O. The zero-order valence-electron chi connectivity index (χ0n) is 17.9. The summed E-state index contributed by atoms with van der Waals surface area (Å²) in [6, 6.07) is 9.58. The third-order valence-corrected chi connectivity index (χ3v) is 6.49. The normalized spacial score (nSPS) is 11.2. The highest BCUT2D eigenvalue weighted by molar-refractivity contribution is 9.10. The second kappa shape index (κ2) is 9.01. The van der Waals surface area contributed by atoms with Crippen LogP contribution in [0.1, 0.15) is 35.1 Å². The van der Waals surface area contributed by atoms with E-state index < -0.39 is 0 Å². The molecule has 8 heteroatoms. The molecule has 0 atom stereocenters. The van der Waals surface area contributed by atoms with Crippen molar-refractivity contribution in [3.8, 4) is 11.3 Å². The summed E-state index contributed by atoms with van der Waals surface area (Å²) in [5.41, 5.74) is 5.14. The van der Waals surface area contributed by atoms with Gasteiger partial charge >= 0.3 is 0 Å². The molecule has 1 aromatic carbocycles. The van der Waals surface area contributed by atoms with Crippen molar-refractivity contribution in [2.24, 2.45) is 0 Å². The highest BCUT2D eigenvalue weighted by Gasteiger charge is 2.15. The van der Waals surface area contributed by atoms with Gasteiger partial charge in [-0.25, -0.2) is 4.98 Å². The van der Waals surface area contributed by atoms with Gasteiger partial charge < -0.3 is 5.32 Å². The van der Waals surface area contributed by atoms with Crippen molar-refractivity contribution in [1.82, 2.24) is 29.9 Å². The first-order valence-corrected chi connectivity index (χ1v) is 11.2. The second-order valence-corrected chi connectivity index (χ2v) is 8.27. The van der Waals surface area contributed by atoms with E-state index in [2.05, 4.69) is 31.4 Å². The number of hydrogen-bond acceptors (Lipinski definition) is 4. The molecule has 0 saturated carbocycles. The van der Waals surface area contributed by atoms with Crippen LogP contribution in [0.5, 0.6) is 0 Å². The predicted molar refractivity (Wildman–Crippen MR) is 125 cm³/mol. The van der Waals surface area contributed by atoms with Gasteiger partial charge in [-0.15, -0.1) is 0 Å². The minimum atomic E-state index is -0.0997. The average molecular weight is 481 g/mol. The Hall–Kier alpha value is -3.00. The number of nitrogens with zero attached hydrogens (tertiary/aromatic N) is 5. The predicted octanol–water partition coefficient (Wildman–Crippen LogP) is 4.51.